The van der Waals surface area contributed by atoms with Gasteiger partial charge in [0, 0.05) is 19.7 Å². The summed E-state index contributed by atoms with van der Waals surface area (Å²) in [6, 6.07) is 9.76. The van der Waals surface area contributed by atoms with Gasteiger partial charge in [-0.05, 0) is 31.2 Å². The number of nitrogens with zero attached hydrogens (tertiary/aromatic N) is 1. The largest absolute Gasteiger partial charge is 0.383 e. The van der Waals surface area contributed by atoms with Gasteiger partial charge in [-0.15, -0.1) is 11.6 Å². The van der Waals surface area contributed by atoms with Crippen molar-refractivity contribution in [3.63, 3.8) is 0 Å². The van der Waals surface area contributed by atoms with E-state index in [0.717, 1.165) is 5.56 Å². The van der Waals surface area contributed by atoms with E-state index in [1.807, 2.05) is 35.2 Å². The zero-order chi connectivity index (χ0) is 14.5. The number of hydrogen-bond donors (Lipinski definition) is 0. The molecule has 0 spiro atoms. The monoisotopic (exact) mass is 295 g/mol. The maximum atomic E-state index is 12.7. The maximum Gasteiger partial charge on any atom is 0.245 e. The van der Waals surface area contributed by atoms with Gasteiger partial charge in [-0.1, -0.05) is 30.3 Å². The van der Waals surface area contributed by atoms with Crippen molar-refractivity contribution in [2.24, 2.45) is 5.92 Å². The Morgan fingerprint density at radius 3 is 2.60 bits per heavy atom. The number of carbonyl (C=O) groups excluding carboxylic acids is 1. The molecule has 4 heteroatoms. The van der Waals surface area contributed by atoms with Crippen LogP contribution in [0.2, 0.25) is 0 Å². The van der Waals surface area contributed by atoms with Crippen LogP contribution in [0, 0.1) is 5.92 Å². The van der Waals surface area contributed by atoms with E-state index in [2.05, 4.69) is 6.92 Å². The molecule has 2 atom stereocenters. The van der Waals surface area contributed by atoms with E-state index < -0.39 is 5.38 Å². The first-order valence-electron chi connectivity index (χ1n) is 7.13. The molecule has 0 bridgehead atoms. The van der Waals surface area contributed by atoms with Crippen LogP contribution in [0.15, 0.2) is 30.3 Å². The van der Waals surface area contributed by atoms with E-state index >= 15 is 0 Å². The summed E-state index contributed by atoms with van der Waals surface area (Å²) in [5, 5.41) is -0.616. The lowest BCUT2D eigenvalue weighted by molar-refractivity contribution is -0.134. The minimum absolute atomic E-state index is 0.0192. The summed E-state index contributed by atoms with van der Waals surface area (Å²) < 4.78 is 5.12. The van der Waals surface area contributed by atoms with Crippen LogP contribution in [0.5, 0.6) is 0 Å². The first-order chi connectivity index (χ1) is 9.65. The van der Waals surface area contributed by atoms with E-state index in [9.17, 15) is 4.79 Å². The number of ether oxygens (including phenoxy) is 1. The van der Waals surface area contributed by atoms with Crippen LogP contribution in [0.3, 0.4) is 0 Å². The second-order valence-corrected chi connectivity index (χ2v) is 5.81. The lowest BCUT2D eigenvalue weighted by atomic mass is 10.1. The number of alkyl halides is 1. The predicted molar refractivity (Wildman–Crippen MR) is 80.8 cm³/mol. The van der Waals surface area contributed by atoms with Crippen LogP contribution in [0.1, 0.15) is 30.7 Å². The molecule has 0 aliphatic heterocycles. The minimum Gasteiger partial charge on any atom is -0.383 e. The number of hydrogen-bond acceptors (Lipinski definition) is 2. The van der Waals surface area contributed by atoms with Crippen LogP contribution in [0.4, 0.5) is 0 Å². The highest BCUT2D eigenvalue weighted by atomic mass is 35.5. The first kappa shape index (κ1) is 15.3. The number of carbonyl (C=O) groups is 1. The van der Waals surface area contributed by atoms with Gasteiger partial charge >= 0.3 is 0 Å². The Hall–Kier alpha value is -1.06. The van der Waals surface area contributed by atoms with Crippen LogP contribution in [-0.4, -0.2) is 37.1 Å². The van der Waals surface area contributed by atoms with Gasteiger partial charge in [-0.25, -0.2) is 0 Å². The molecule has 1 amide bonds. The highest BCUT2D eigenvalue weighted by molar-refractivity contribution is 6.30. The Labute approximate surface area is 125 Å². The van der Waals surface area contributed by atoms with E-state index in [-0.39, 0.29) is 11.9 Å². The Morgan fingerprint density at radius 2 is 2.05 bits per heavy atom. The number of halogens is 1. The molecule has 1 aromatic carbocycles. The van der Waals surface area contributed by atoms with Gasteiger partial charge in [0.05, 0.1) is 6.61 Å². The molecule has 1 saturated carbocycles. The van der Waals surface area contributed by atoms with Crippen LogP contribution in [0.25, 0.3) is 0 Å². The third-order valence-corrected chi connectivity index (χ3v) is 4.36. The smallest absolute Gasteiger partial charge is 0.245 e. The Morgan fingerprint density at radius 1 is 1.40 bits per heavy atom. The molecule has 1 aliphatic rings. The molecule has 3 nitrogen and oxygen atoms in total. The van der Waals surface area contributed by atoms with Gasteiger partial charge in [0.25, 0.3) is 0 Å². The van der Waals surface area contributed by atoms with Gasteiger partial charge in [0.15, 0.2) is 0 Å². The van der Waals surface area contributed by atoms with E-state index in [1.165, 1.54) is 12.8 Å². The fraction of sp³-hybridized carbons (Fsp3) is 0.562. The number of amides is 1. The summed E-state index contributed by atoms with van der Waals surface area (Å²) in [6.45, 7) is 3.25. The quantitative estimate of drug-likeness (QED) is 0.723. The van der Waals surface area contributed by atoms with Crippen molar-refractivity contribution in [3.8, 4) is 0 Å². The average Bonchev–Trinajstić information content (AvgIpc) is 3.32. The maximum absolute atomic E-state index is 12.7. The van der Waals surface area contributed by atoms with Crippen molar-refractivity contribution in [1.29, 1.82) is 0 Å². The summed E-state index contributed by atoms with van der Waals surface area (Å²) in [4.78, 5) is 14.5. The Kier molecular flexibility index (Phi) is 5.44. The van der Waals surface area contributed by atoms with E-state index in [1.54, 1.807) is 7.11 Å². The van der Waals surface area contributed by atoms with Crippen LogP contribution >= 0.6 is 11.6 Å². The molecule has 0 aromatic heterocycles. The summed E-state index contributed by atoms with van der Waals surface area (Å²) in [7, 11) is 1.65. The van der Waals surface area contributed by atoms with Gasteiger partial charge in [-0.2, -0.15) is 0 Å². The fourth-order valence-electron chi connectivity index (χ4n) is 2.45. The highest BCUT2D eigenvalue weighted by Gasteiger charge is 2.36. The third kappa shape index (κ3) is 3.74. The molecule has 1 fully saturated rings. The molecule has 2 rings (SSSR count). The van der Waals surface area contributed by atoms with Crippen LogP contribution in [-0.2, 0) is 9.53 Å². The Balaban J connectivity index is 2.08. The molecule has 2 unspecified atom stereocenters. The van der Waals surface area contributed by atoms with Crippen molar-refractivity contribution in [2.75, 3.05) is 20.3 Å². The van der Waals surface area contributed by atoms with Crippen molar-refractivity contribution >= 4 is 17.5 Å². The molecule has 0 radical (unpaired) electrons. The average molecular weight is 296 g/mol. The minimum atomic E-state index is -0.616. The number of benzene rings is 1. The third-order valence-electron chi connectivity index (χ3n) is 3.92. The number of methoxy groups -OCH3 is 1. The lowest BCUT2D eigenvalue weighted by Crippen LogP contribution is -2.43. The summed E-state index contributed by atoms with van der Waals surface area (Å²) in [5.74, 6) is 0.602. The fourth-order valence-corrected chi connectivity index (χ4v) is 2.72. The van der Waals surface area contributed by atoms with Gasteiger partial charge < -0.3 is 9.64 Å². The molecule has 110 valence electrons. The topological polar surface area (TPSA) is 29.5 Å². The molecule has 1 aliphatic carbocycles. The number of rotatable bonds is 7. The lowest BCUT2D eigenvalue weighted by Gasteiger charge is -2.31. The standard InChI is InChI=1S/C16H22ClNO2/c1-12(13-8-9-13)18(10-11-20-2)16(19)15(17)14-6-4-3-5-7-14/h3-7,12-13,15H,8-11H2,1-2H3. The Bertz CT molecular complexity index is 433. The highest BCUT2D eigenvalue weighted by Crippen LogP contribution is 2.36. The molecule has 1 aromatic rings. The molecule has 20 heavy (non-hydrogen) atoms. The van der Waals surface area contributed by atoms with E-state index in [0.29, 0.717) is 19.1 Å². The van der Waals surface area contributed by atoms with Crippen molar-refractivity contribution in [3.05, 3.63) is 35.9 Å². The van der Waals surface area contributed by atoms with Crippen molar-refractivity contribution < 1.29 is 9.53 Å². The predicted octanol–water partition coefficient (Wildman–Crippen LogP) is 3.24. The molecule has 0 heterocycles. The molecule has 0 saturated heterocycles. The van der Waals surface area contributed by atoms with E-state index in [4.69, 9.17) is 16.3 Å². The normalized spacial score (nSPS) is 17.6. The zero-order valence-corrected chi connectivity index (χ0v) is 12.8. The van der Waals surface area contributed by atoms with Gasteiger partial charge in [0.2, 0.25) is 5.91 Å². The van der Waals surface area contributed by atoms with Gasteiger partial charge in [0.1, 0.15) is 5.38 Å². The second kappa shape index (κ2) is 7.09. The van der Waals surface area contributed by atoms with Crippen molar-refractivity contribution in [2.45, 2.75) is 31.2 Å². The van der Waals surface area contributed by atoms with Crippen LogP contribution < -0.4 is 0 Å². The first-order valence-corrected chi connectivity index (χ1v) is 7.57. The second-order valence-electron chi connectivity index (χ2n) is 5.38. The molecular formula is C16H22ClNO2. The van der Waals surface area contributed by atoms with Crippen molar-refractivity contribution in [1.82, 2.24) is 4.90 Å². The molecular weight excluding hydrogens is 274 g/mol. The zero-order valence-electron chi connectivity index (χ0n) is 12.1. The van der Waals surface area contributed by atoms with Gasteiger partial charge in [-0.3, -0.25) is 4.79 Å². The summed E-state index contributed by atoms with van der Waals surface area (Å²) in [6.07, 6.45) is 2.41. The summed E-state index contributed by atoms with van der Waals surface area (Å²) >= 11 is 6.37. The molecule has 0 N–H and O–H groups in total. The SMILES string of the molecule is COCCN(C(=O)C(Cl)c1ccccc1)C(C)C1CC1. The summed E-state index contributed by atoms with van der Waals surface area (Å²) in [5.41, 5.74) is 0.851.